The molecule has 2 aromatic rings. The molecule has 2 aliphatic rings. The van der Waals surface area contributed by atoms with Crippen LogP contribution in [0.4, 0.5) is 0 Å². The van der Waals surface area contributed by atoms with Crippen molar-refractivity contribution in [2.24, 2.45) is 0 Å². The zero-order chi connectivity index (χ0) is 28.5. The molecule has 7 nitrogen and oxygen atoms in total. The zero-order valence-corrected chi connectivity index (χ0v) is 24.9. The first-order valence-corrected chi connectivity index (χ1v) is 15.9. The van der Waals surface area contributed by atoms with Gasteiger partial charge in [-0.25, -0.2) is 4.79 Å². The van der Waals surface area contributed by atoms with Gasteiger partial charge in [0.1, 0.15) is 6.04 Å². The summed E-state index contributed by atoms with van der Waals surface area (Å²) in [7, 11) is 1.75. The van der Waals surface area contributed by atoms with Gasteiger partial charge in [0.15, 0.2) is 0 Å². The third-order valence-electron chi connectivity index (χ3n) is 8.15. The lowest BCUT2D eigenvalue weighted by Crippen LogP contribution is -2.41. The number of nitrogens with one attached hydrogen (secondary N) is 1. The van der Waals surface area contributed by atoms with Gasteiger partial charge in [0.25, 0.3) is 5.91 Å². The van der Waals surface area contributed by atoms with E-state index in [-0.39, 0.29) is 18.1 Å². The van der Waals surface area contributed by atoms with Crippen LogP contribution >= 0.6 is 11.8 Å². The molecule has 1 aliphatic carbocycles. The number of rotatable bonds is 13. The van der Waals surface area contributed by atoms with Crippen LogP contribution in [0.25, 0.3) is 11.1 Å². The Morgan fingerprint density at radius 3 is 2.58 bits per heavy atom. The number of hydrogen-bond acceptors (Lipinski definition) is 6. The van der Waals surface area contributed by atoms with Crippen LogP contribution < -0.4 is 5.32 Å². The number of carboxylic acids is 1. The Hall–Kier alpha value is -2.39. The molecule has 1 amide bonds. The SMILES string of the molecule is COC[C@@H]1CC(OC2CCCCC2)CN1Cc1ccc(C(=O)NC(CCSC)C(=O)O)c(-c2ccccc2C)c1. The Bertz CT molecular complexity index is 1140. The molecular weight excluding hydrogens is 524 g/mol. The van der Waals surface area contributed by atoms with Crippen molar-refractivity contribution < 1.29 is 24.2 Å². The first kappa shape index (κ1) is 30.6. The fourth-order valence-corrected chi connectivity index (χ4v) is 6.49. The quantitative estimate of drug-likeness (QED) is 0.328. The lowest BCUT2D eigenvalue weighted by Gasteiger charge is -2.26. The van der Waals surface area contributed by atoms with Gasteiger partial charge < -0.3 is 19.9 Å². The summed E-state index contributed by atoms with van der Waals surface area (Å²) in [6.45, 7) is 4.28. The summed E-state index contributed by atoms with van der Waals surface area (Å²) in [5, 5.41) is 12.4. The predicted octanol–water partition coefficient (Wildman–Crippen LogP) is 5.54. The normalized spacial score (nSPS) is 20.9. The summed E-state index contributed by atoms with van der Waals surface area (Å²) in [5.41, 5.74) is 4.44. The van der Waals surface area contributed by atoms with Gasteiger partial charge in [-0.2, -0.15) is 11.8 Å². The number of ether oxygens (including phenoxy) is 2. The fraction of sp³-hybridized carbons (Fsp3) is 0.562. The highest BCUT2D eigenvalue weighted by molar-refractivity contribution is 7.98. The van der Waals surface area contributed by atoms with Crippen LogP contribution in [0.1, 0.15) is 66.4 Å². The summed E-state index contributed by atoms with van der Waals surface area (Å²) < 4.78 is 12.1. The highest BCUT2D eigenvalue weighted by Gasteiger charge is 2.34. The molecule has 1 saturated heterocycles. The molecule has 2 unspecified atom stereocenters. The summed E-state index contributed by atoms with van der Waals surface area (Å²) in [4.78, 5) is 27.7. The van der Waals surface area contributed by atoms with Gasteiger partial charge in [-0.05, 0) is 79.0 Å². The van der Waals surface area contributed by atoms with Gasteiger partial charge in [-0.15, -0.1) is 0 Å². The summed E-state index contributed by atoms with van der Waals surface area (Å²) >= 11 is 1.57. The standard InChI is InChI=1S/C32H44N2O5S/c1-22-9-7-8-12-27(22)29-17-23(13-14-28(29)31(35)33-30(32(36)37)15-16-40-3)19-34-20-26(18-24(34)21-38-2)39-25-10-5-4-6-11-25/h7-9,12-14,17,24-26,30H,4-6,10-11,15-16,18-21H2,1-3H3,(H,33,35)(H,36,37)/t24-,26?,30?/m0/s1. The Morgan fingerprint density at radius 1 is 1.10 bits per heavy atom. The molecule has 218 valence electrons. The average Bonchev–Trinajstić information content (AvgIpc) is 3.31. The molecule has 1 aliphatic heterocycles. The van der Waals surface area contributed by atoms with Crippen molar-refractivity contribution in [1.29, 1.82) is 0 Å². The molecular formula is C32H44N2O5S. The van der Waals surface area contributed by atoms with Crippen LogP contribution in [0.2, 0.25) is 0 Å². The van der Waals surface area contributed by atoms with E-state index in [1.807, 2.05) is 49.6 Å². The highest BCUT2D eigenvalue weighted by atomic mass is 32.2. The number of thioether (sulfide) groups is 1. The number of nitrogens with zero attached hydrogens (tertiary/aromatic N) is 1. The van der Waals surface area contributed by atoms with Gasteiger partial charge in [-0.3, -0.25) is 9.69 Å². The second-order valence-electron chi connectivity index (χ2n) is 11.1. The lowest BCUT2D eigenvalue weighted by atomic mass is 9.93. The number of aliphatic carboxylic acids is 1. The van der Waals surface area contributed by atoms with Gasteiger partial charge in [0.2, 0.25) is 0 Å². The Morgan fingerprint density at radius 2 is 1.88 bits per heavy atom. The van der Waals surface area contributed by atoms with E-state index in [2.05, 4.69) is 16.3 Å². The number of carbonyl (C=O) groups excluding carboxylic acids is 1. The molecule has 0 radical (unpaired) electrons. The second-order valence-corrected chi connectivity index (χ2v) is 12.1. The molecule has 2 aromatic carbocycles. The lowest BCUT2D eigenvalue weighted by molar-refractivity contribution is -0.139. The number of methoxy groups -OCH3 is 1. The number of aryl methyl sites for hydroxylation is 1. The van der Waals surface area contributed by atoms with Crippen LogP contribution in [-0.2, 0) is 20.8 Å². The topological polar surface area (TPSA) is 88.1 Å². The molecule has 3 atom stereocenters. The van der Waals surface area contributed by atoms with E-state index in [9.17, 15) is 14.7 Å². The molecule has 2 N–H and O–H groups in total. The predicted molar refractivity (Wildman–Crippen MR) is 161 cm³/mol. The second kappa shape index (κ2) is 15.0. The minimum Gasteiger partial charge on any atom is -0.480 e. The van der Waals surface area contributed by atoms with E-state index < -0.39 is 12.0 Å². The van der Waals surface area contributed by atoms with E-state index in [1.54, 1.807) is 18.9 Å². The van der Waals surface area contributed by atoms with Gasteiger partial charge >= 0.3 is 5.97 Å². The zero-order valence-electron chi connectivity index (χ0n) is 24.1. The smallest absolute Gasteiger partial charge is 0.326 e. The van der Waals surface area contributed by atoms with Gasteiger partial charge in [0, 0.05) is 31.8 Å². The number of carbonyl (C=O) groups is 2. The van der Waals surface area contributed by atoms with Crippen LogP contribution in [0.15, 0.2) is 42.5 Å². The molecule has 0 aromatic heterocycles. The summed E-state index contributed by atoms with van der Waals surface area (Å²) in [5.74, 6) is -0.720. The average molecular weight is 569 g/mol. The van der Waals surface area contributed by atoms with E-state index >= 15 is 0 Å². The van der Waals surface area contributed by atoms with Gasteiger partial charge in [-0.1, -0.05) is 49.6 Å². The van der Waals surface area contributed by atoms with E-state index in [0.29, 0.717) is 30.4 Å². The molecule has 40 heavy (non-hydrogen) atoms. The van der Waals surface area contributed by atoms with Crippen LogP contribution in [0, 0.1) is 6.92 Å². The first-order chi connectivity index (χ1) is 19.4. The van der Waals surface area contributed by atoms with Crippen LogP contribution in [0.5, 0.6) is 0 Å². The summed E-state index contributed by atoms with van der Waals surface area (Å²) in [6.07, 6.45) is 10.00. The van der Waals surface area contributed by atoms with Crippen molar-refractivity contribution in [1.82, 2.24) is 10.2 Å². The number of benzene rings is 2. The minimum atomic E-state index is -1.01. The molecule has 8 heteroatoms. The van der Waals surface area contributed by atoms with Crippen molar-refractivity contribution in [3.8, 4) is 11.1 Å². The molecule has 0 spiro atoms. The Labute approximate surface area is 243 Å². The monoisotopic (exact) mass is 568 g/mol. The maximum absolute atomic E-state index is 13.4. The highest BCUT2D eigenvalue weighted by Crippen LogP contribution is 2.31. The van der Waals surface area contributed by atoms with Crippen molar-refractivity contribution in [2.45, 2.75) is 82.7 Å². The van der Waals surface area contributed by atoms with Crippen molar-refractivity contribution in [2.75, 3.05) is 32.3 Å². The van der Waals surface area contributed by atoms with E-state index in [4.69, 9.17) is 9.47 Å². The molecule has 0 bridgehead atoms. The molecule has 1 heterocycles. The first-order valence-electron chi connectivity index (χ1n) is 14.5. The van der Waals surface area contributed by atoms with Gasteiger partial charge in [0.05, 0.1) is 18.8 Å². The number of carboxylic acid groups (broad SMARTS) is 1. The third kappa shape index (κ3) is 8.09. The maximum Gasteiger partial charge on any atom is 0.326 e. The Balaban J connectivity index is 1.56. The summed E-state index contributed by atoms with van der Waals surface area (Å²) in [6, 6.07) is 13.3. The maximum atomic E-state index is 13.4. The third-order valence-corrected chi connectivity index (χ3v) is 8.79. The largest absolute Gasteiger partial charge is 0.480 e. The molecule has 4 rings (SSSR count). The van der Waals surface area contributed by atoms with E-state index in [1.165, 1.54) is 19.3 Å². The minimum absolute atomic E-state index is 0.207. The number of amides is 1. The van der Waals surface area contributed by atoms with Crippen molar-refractivity contribution in [3.63, 3.8) is 0 Å². The Kier molecular flexibility index (Phi) is 11.5. The van der Waals surface area contributed by atoms with Crippen LogP contribution in [0.3, 0.4) is 0 Å². The molecule has 1 saturated carbocycles. The number of hydrogen-bond donors (Lipinski definition) is 2. The number of likely N-dealkylation sites (tertiary alicyclic amines) is 1. The van der Waals surface area contributed by atoms with Crippen molar-refractivity contribution >= 4 is 23.6 Å². The van der Waals surface area contributed by atoms with E-state index in [0.717, 1.165) is 54.6 Å². The molecule has 2 fully saturated rings. The van der Waals surface area contributed by atoms with Crippen LogP contribution in [-0.4, -0.2) is 78.4 Å². The fourth-order valence-electron chi connectivity index (χ4n) is 6.02. The van der Waals surface area contributed by atoms with Crippen molar-refractivity contribution in [3.05, 3.63) is 59.2 Å².